The maximum atomic E-state index is 11.0. The Morgan fingerprint density at radius 2 is 1.94 bits per heavy atom. The molecule has 34 heavy (non-hydrogen) atoms. The molecule has 1 aliphatic rings. The van der Waals surface area contributed by atoms with E-state index in [0.717, 1.165) is 46.8 Å². The molecule has 1 aliphatic carbocycles. The van der Waals surface area contributed by atoms with Crippen molar-refractivity contribution in [2.75, 3.05) is 5.32 Å². The van der Waals surface area contributed by atoms with Gasteiger partial charge in [0.05, 0.1) is 17.1 Å². The molecule has 6 nitrogen and oxygen atoms in total. The topological polar surface area (TPSA) is 76.4 Å². The summed E-state index contributed by atoms with van der Waals surface area (Å²) in [4.78, 5) is 16.0. The molecule has 0 saturated heterocycles. The molecule has 1 saturated carbocycles. The molecular formula is C28H37N3O3. The second-order valence-electron chi connectivity index (χ2n) is 10.9. The number of aryl methyl sites for hydroxylation is 1. The van der Waals surface area contributed by atoms with Gasteiger partial charge in [0.2, 0.25) is 5.95 Å². The Labute approximate surface area is 202 Å². The van der Waals surface area contributed by atoms with Crippen molar-refractivity contribution in [1.29, 1.82) is 0 Å². The van der Waals surface area contributed by atoms with Crippen LogP contribution in [-0.2, 0) is 11.2 Å². The summed E-state index contributed by atoms with van der Waals surface area (Å²) in [5, 5.41) is 12.6. The summed E-state index contributed by atoms with van der Waals surface area (Å²) in [6.45, 7) is 11.1. The van der Waals surface area contributed by atoms with Crippen molar-refractivity contribution in [3.8, 4) is 5.75 Å². The number of imidazole rings is 1. The lowest BCUT2D eigenvalue weighted by Gasteiger charge is -2.40. The number of aromatic nitrogens is 2. The van der Waals surface area contributed by atoms with Crippen LogP contribution in [0.25, 0.3) is 11.0 Å². The molecule has 6 heteroatoms. The van der Waals surface area contributed by atoms with Crippen LogP contribution in [0.3, 0.4) is 0 Å². The second-order valence-corrected chi connectivity index (χ2v) is 10.9. The standard InChI is InChI=1S/C28H37N3O3/c1-18(2)34-23-10-8-21(9-11-23)29-27-30-24-15-20(7-13-26(32)33)6-12-25(24)31(27)22-14-19(3)16-28(4,5)17-22/h6,8-12,15,18-19,22H,7,13-14,16-17H2,1-5H3,(H,29,30)(H,32,33). The summed E-state index contributed by atoms with van der Waals surface area (Å²) in [5.41, 5.74) is 4.23. The van der Waals surface area contributed by atoms with Crippen molar-refractivity contribution in [1.82, 2.24) is 9.55 Å². The van der Waals surface area contributed by atoms with Crippen LogP contribution in [0.2, 0.25) is 0 Å². The molecule has 2 unspecified atom stereocenters. The number of nitrogens with zero attached hydrogens (tertiary/aromatic N) is 2. The predicted molar refractivity (Wildman–Crippen MR) is 137 cm³/mol. The highest BCUT2D eigenvalue weighted by atomic mass is 16.5. The summed E-state index contributed by atoms with van der Waals surface area (Å²) in [7, 11) is 0. The van der Waals surface area contributed by atoms with Crippen LogP contribution in [0.15, 0.2) is 42.5 Å². The molecule has 1 heterocycles. The third kappa shape index (κ3) is 5.72. The number of aliphatic carboxylic acids is 1. The quantitative estimate of drug-likeness (QED) is 0.377. The average molecular weight is 464 g/mol. The van der Waals surface area contributed by atoms with Crippen LogP contribution < -0.4 is 10.1 Å². The Hall–Kier alpha value is -3.02. The second kappa shape index (κ2) is 9.69. The van der Waals surface area contributed by atoms with Gasteiger partial charge in [0, 0.05) is 18.2 Å². The van der Waals surface area contributed by atoms with Crippen LogP contribution in [-0.4, -0.2) is 26.7 Å². The molecule has 0 bridgehead atoms. The number of nitrogens with one attached hydrogen (secondary N) is 1. The molecule has 1 aromatic heterocycles. The van der Waals surface area contributed by atoms with E-state index in [1.54, 1.807) is 0 Å². The van der Waals surface area contributed by atoms with Gasteiger partial charge in [-0.25, -0.2) is 4.98 Å². The first-order valence-electron chi connectivity index (χ1n) is 12.4. The molecule has 4 rings (SSSR count). The van der Waals surface area contributed by atoms with Crippen molar-refractivity contribution in [2.45, 2.75) is 78.9 Å². The van der Waals surface area contributed by atoms with E-state index in [-0.39, 0.29) is 17.9 Å². The monoisotopic (exact) mass is 463 g/mol. The van der Waals surface area contributed by atoms with Crippen molar-refractivity contribution in [3.05, 3.63) is 48.0 Å². The van der Waals surface area contributed by atoms with Crippen molar-refractivity contribution in [3.63, 3.8) is 0 Å². The molecule has 2 atom stereocenters. The molecule has 0 aliphatic heterocycles. The van der Waals surface area contributed by atoms with Gasteiger partial charge in [-0.15, -0.1) is 0 Å². The van der Waals surface area contributed by atoms with E-state index in [1.807, 2.05) is 50.2 Å². The highest BCUT2D eigenvalue weighted by Gasteiger charge is 2.34. The van der Waals surface area contributed by atoms with E-state index < -0.39 is 5.97 Å². The minimum Gasteiger partial charge on any atom is -0.491 e. The fourth-order valence-electron chi connectivity index (χ4n) is 5.52. The first-order valence-corrected chi connectivity index (χ1v) is 12.4. The lowest BCUT2D eigenvalue weighted by molar-refractivity contribution is -0.136. The summed E-state index contributed by atoms with van der Waals surface area (Å²) in [5.74, 6) is 1.54. The van der Waals surface area contributed by atoms with Crippen LogP contribution in [0.4, 0.5) is 11.6 Å². The van der Waals surface area contributed by atoms with Gasteiger partial charge in [-0.05, 0) is 92.8 Å². The third-order valence-electron chi connectivity index (χ3n) is 6.59. The lowest BCUT2D eigenvalue weighted by atomic mass is 9.70. The van der Waals surface area contributed by atoms with E-state index >= 15 is 0 Å². The van der Waals surface area contributed by atoms with Crippen molar-refractivity contribution >= 4 is 28.6 Å². The fraction of sp³-hybridized carbons (Fsp3) is 0.500. The maximum absolute atomic E-state index is 11.0. The van der Waals surface area contributed by atoms with Crippen LogP contribution >= 0.6 is 0 Å². The normalized spacial score (nSPS) is 19.9. The molecule has 0 amide bonds. The first-order chi connectivity index (χ1) is 16.1. The van der Waals surface area contributed by atoms with Gasteiger partial charge < -0.3 is 19.7 Å². The molecule has 1 fully saturated rings. The smallest absolute Gasteiger partial charge is 0.303 e. The van der Waals surface area contributed by atoms with Gasteiger partial charge in [-0.2, -0.15) is 0 Å². The Kier molecular flexibility index (Phi) is 6.87. The summed E-state index contributed by atoms with van der Waals surface area (Å²) < 4.78 is 8.15. The SMILES string of the molecule is CC1CC(n2c(Nc3ccc(OC(C)C)cc3)nc3cc(CCC(=O)O)ccc32)CC(C)(C)C1. The Balaban J connectivity index is 1.71. The van der Waals surface area contributed by atoms with E-state index in [4.69, 9.17) is 14.8 Å². The number of carbonyl (C=O) groups is 1. The average Bonchev–Trinajstić information content (AvgIpc) is 3.09. The van der Waals surface area contributed by atoms with E-state index in [1.165, 1.54) is 6.42 Å². The first kappa shape index (κ1) is 24.1. The van der Waals surface area contributed by atoms with Gasteiger partial charge in [-0.1, -0.05) is 26.8 Å². The predicted octanol–water partition coefficient (Wildman–Crippen LogP) is 6.97. The summed E-state index contributed by atoms with van der Waals surface area (Å²) >= 11 is 0. The Morgan fingerprint density at radius 1 is 1.21 bits per heavy atom. The number of hydrogen-bond acceptors (Lipinski definition) is 4. The number of hydrogen-bond donors (Lipinski definition) is 2. The largest absolute Gasteiger partial charge is 0.491 e. The number of ether oxygens (including phenoxy) is 1. The minimum atomic E-state index is -0.781. The van der Waals surface area contributed by atoms with E-state index in [0.29, 0.717) is 18.4 Å². The molecule has 0 radical (unpaired) electrons. The minimum absolute atomic E-state index is 0.121. The van der Waals surface area contributed by atoms with Crippen molar-refractivity contribution in [2.24, 2.45) is 11.3 Å². The number of rotatable bonds is 8. The Morgan fingerprint density at radius 3 is 2.59 bits per heavy atom. The van der Waals surface area contributed by atoms with Gasteiger partial charge in [0.25, 0.3) is 0 Å². The highest BCUT2D eigenvalue weighted by Crippen LogP contribution is 2.46. The number of carboxylic acids is 1. The summed E-state index contributed by atoms with van der Waals surface area (Å²) in [6.07, 6.45) is 4.21. The molecule has 3 aromatic rings. The van der Waals surface area contributed by atoms with Crippen LogP contribution in [0.1, 0.15) is 71.9 Å². The number of anilines is 2. The Bertz CT molecular complexity index is 1150. The van der Waals surface area contributed by atoms with Crippen LogP contribution in [0.5, 0.6) is 5.75 Å². The molecule has 182 valence electrons. The summed E-state index contributed by atoms with van der Waals surface area (Å²) in [6, 6.07) is 14.5. The lowest BCUT2D eigenvalue weighted by Crippen LogP contribution is -2.29. The number of fused-ring (bicyclic) bond motifs is 1. The van der Waals surface area contributed by atoms with Gasteiger partial charge in [-0.3, -0.25) is 4.79 Å². The van der Waals surface area contributed by atoms with Crippen molar-refractivity contribution < 1.29 is 14.6 Å². The maximum Gasteiger partial charge on any atom is 0.303 e. The van der Waals surface area contributed by atoms with E-state index in [9.17, 15) is 4.79 Å². The zero-order valence-corrected chi connectivity index (χ0v) is 21.0. The zero-order chi connectivity index (χ0) is 24.5. The van der Waals surface area contributed by atoms with E-state index in [2.05, 4.69) is 36.7 Å². The van der Waals surface area contributed by atoms with Crippen LogP contribution in [0, 0.1) is 11.3 Å². The number of benzene rings is 2. The highest BCUT2D eigenvalue weighted by molar-refractivity contribution is 5.81. The van der Waals surface area contributed by atoms with Gasteiger partial charge >= 0.3 is 5.97 Å². The molecule has 2 N–H and O–H groups in total. The fourth-order valence-corrected chi connectivity index (χ4v) is 5.52. The van der Waals surface area contributed by atoms with Gasteiger partial charge in [0.15, 0.2) is 0 Å². The third-order valence-corrected chi connectivity index (χ3v) is 6.59. The molecular weight excluding hydrogens is 426 g/mol. The number of carboxylic acid groups (broad SMARTS) is 1. The molecule has 0 spiro atoms. The molecule has 2 aromatic carbocycles. The van der Waals surface area contributed by atoms with Gasteiger partial charge in [0.1, 0.15) is 5.75 Å². The zero-order valence-electron chi connectivity index (χ0n) is 21.0.